The first kappa shape index (κ1) is 31.0. The van der Waals surface area contributed by atoms with Crippen molar-refractivity contribution in [2.24, 2.45) is 11.8 Å². The standard InChI is InChI=1S/C40H44N2O2/c1-25(2)23-41(35-19-9-27(5)21-29(35)7)33-15-11-31(12-16-33)37-39(43)38(40(37)44)32-13-17-34(18-14-32)42(24-26(3)4)36-20-10-28(6)22-30(36)8/h9-22,25-26H,23-24H2,1-8H3. The maximum Gasteiger partial charge on any atom is 0.208 e. The molecule has 0 aliphatic heterocycles. The lowest BCUT2D eigenvalue weighted by atomic mass is 9.80. The molecule has 0 saturated carbocycles. The molecule has 0 aromatic heterocycles. The molecule has 0 spiro atoms. The van der Waals surface area contributed by atoms with E-state index in [2.05, 4.69) is 101 Å². The fourth-order valence-electron chi connectivity index (χ4n) is 6.17. The normalized spacial score (nSPS) is 14.7. The molecule has 0 fully saturated rings. The third-order valence-corrected chi connectivity index (χ3v) is 8.23. The number of nitrogens with zero attached hydrogens (tertiary/aromatic N) is 2. The number of hydrogen-bond acceptors (Lipinski definition) is 3. The Morgan fingerprint density at radius 3 is 1.89 bits per heavy atom. The molecule has 0 bridgehead atoms. The minimum Gasteiger partial charge on any atom is -0.871 e. The van der Waals surface area contributed by atoms with Gasteiger partial charge in [-0.1, -0.05) is 74.9 Å². The minimum atomic E-state index is -0.183. The summed E-state index contributed by atoms with van der Waals surface area (Å²) in [5, 5.41) is 13.4. The third-order valence-electron chi connectivity index (χ3n) is 8.23. The van der Waals surface area contributed by atoms with Crippen LogP contribution in [0.5, 0.6) is 0 Å². The smallest absolute Gasteiger partial charge is 0.208 e. The van der Waals surface area contributed by atoms with Gasteiger partial charge >= 0.3 is 0 Å². The van der Waals surface area contributed by atoms with Gasteiger partial charge in [-0.25, -0.2) is 0 Å². The van der Waals surface area contributed by atoms with Gasteiger partial charge in [-0.15, -0.1) is 0 Å². The summed E-state index contributed by atoms with van der Waals surface area (Å²) in [5.41, 5.74) is 11.2. The number of ketones is 1. The molecule has 5 rings (SSSR count). The molecule has 0 radical (unpaired) electrons. The molecule has 3 aromatic rings. The predicted molar refractivity (Wildman–Crippen MR) is 182 cm³/mol. The zero-order valence-corrected chi connectivity index (χ0v) is 27.4. The fraction of sp³-hybridized carbons (Fsp3) is 0.300. The number of Topliss-reactive ketones (excluding diaryl/α,β-unsaturated/α-hetero) is 1. The number of carbonyl (C=O) groups is 1. The quantitative estimate of drug-likeness (QED) is 0.198. The minimum absolute atomic E-state index is 0.183. The molecule has 0 atom stereocenters. The fourth-order valence-corrected chi connectivity index (χ4v) is 6.17. The van der Waals surface area contributed by atoms with E-state index in [1.807, 2.05) is 48.6 Å². The van der Waals surface area contributed by atoms with Crippen LogP contribution in [0.15, 0.2) is 102 Å². The first-order valence-corrected chi connectivity index (χ1v) is 15.7. The molecule has 226 valence electrons. The molecule has 0 unspecified atom stereocenters. The van der Waals surface area contributed by atoms with Crippen LogP contribution in [0.4, 0.5) is 17.1 Å². The number of benzene rings is 3. The van der Waals surface area contributed by atoms with Gasteiger partial charge in [-0.2, -0.15) is 4.58 Å². The lowest BCUT2D eigenvalue weighted by Gasteiger charge is -2.33. The van der Waals surface area contributed by atoms with E-state index in [1.54, 1.807) is 0 Å². The second-order valence-electron chi connectivity index (χ2n) is 13.1. The van der Waals surface area contributed by atoms with E-state index in [0.29, 0.717) is 23.0 Å². The zero-order valence-electron chi connectivity index (χ0n) is 27.4. The highest BCUT2D eigenvalue weighted by atomic mass is 16.3. The first-order chi connectivity index (χ1) is 20.9. The van der Waals surface area contributed by atoms with E-state index >= 15 is 0 Å². The summed E-state index contributed by atoms with van der Waals surface area (Å²) in [5.74, 6) is 0.553. The number of aryl methyl sites for hydroxylation is 4. The first-order valence-electron chi connectivity index (χ1n) is 15.7. The number of carbonyl (C=O) groups excluding carboxylic acids is 1. The van der Waals surface area contributed by atoms with Gasteiger partial charge in [0.1, 0.15) is 0 Å². The Kier molecular flexibility index (Phi) is 8.92. The number of allylic oxidation sites excluding steroid dienone is 7. The van der Waals surface area contributed by atoms with Gasteiger partial charge in [0.15, 0.2) is 12.3 Å². The van der Waals surface area contributed by atoms with Crippen LogP contribution >= 0.6 is 0 Å². The molecule has 0 amide bonds. The van der Waals surface area contributed by atoms with E-state index in [9.17, 15) is 9.90 Å². The highest BCUT2D eigenvalue weighted by Crippen LogP contribution is 2.39. The molecule has 3 aromatic carbocycles. The zero-order chi connectivity index (χ0) is 31.7. The summed E-state index contributed by atoms with van der Waals surface area (Å²) < 4.78 is 2.32. The van der Waals surface area contributed by atoms with E-state index in [-0.39, 0.29) is 22.7 Å². The van der Waals surface area contributed by atoms with Crippen LogP contribution in [0.3, 0.4) is 0 Å². The lowest BCUT2D eigenvalue weighted by molar-refractivity contribution is -0.447. The second kappa shape index (κ2) is 12.7. The molecule has 2 aliphatic rings. The summed E-state index contributed by atoms with van der Waals surface area (Å²) in [6.07, 6.45) is 7.86. The highest BCUT2D eigenvalue weighted by molar-refractivity contribution is 6.39. The van der Waals surface area contributed by atoms with Crippen LogP contribution in [0.25, 0.3) is 5.57 Å². The van der Waals surface area contributed by atoms with Gasteiger partial charge < -0.3 is 10.0 Å². The van der Waals surface area contributed by atoms with Crippen molar-refractivity contribution in [2.45, 2.75) is 55.4 Å². The van der Waals surface area contributed by atoms with Gasteiger partial charge in [0.05, 0.1) is 0 Å². The van der Waals surface area contributed by atoms with Gasteiger partial charge in [-0.3, -0.25) is 4.79 Å². The maximum atomic E-state index is 13.4. The summed E-state index contributed by atoms with van der Waals surface area (Å²) >= 11 is 0. The SMILES string of the molecule is Cc1ccc(N(CC(C)C)c2ccc(C3=C([O-])C(=C4C=CC(=[N+](CC(C)C)c5ccc(C)cc5C)C=C4)C3=O)cc2)c(C)c1. The number of hydrogen-bond donors (Lipinski definition) is 0. The van der Waals surface area contributed by atoms with E-state index in [0.717, 1.165) is 24.5 Å². The van der Waals surface area contributed by atoms with Crippen molar-refractivity contribution in [2.75, 3.05) is 18.0 Å². The summed E-state index contributed by atoms with van der Waals surface area (Å²) in [4.78, 5) is 15.7. The molecule has 44 heavy (non-hydrogen) atoms. The molecular weight excluding hydrogens is 540 g/mol. The van der Waals surface area contributed by atoms with Crippen molar-refractivity contribution in [3.05, 3.63) is 130 Å². The summed E-state index contributed by atoms with van der Waals surface area (Å²) in [6, 6.07) is 20.9. The Balaban J connectivity index is 1.44. The Hall–Kier alpha value is -4.44. The van der Waals surface area contributed by atoms with Crippen LogP contribution in [-0.4, -0.2) is 29.2 Å². The summed E-state index contributed by atoms with van der Waals surface area (Å²) in [7, 11) is 0. The van der Waals surface area contributed by atoms with Crippen LogP contribution in [-0.2, 0) is 4.79 Å². The van der Waals surface area contributed by atoms with Crippen LogP contribution in [0, 0.1) is 39.5 Å². The van der Waals surface area contributed by atoms with Gasteiger partial charge in [0.25, 0.3) is 0 Å². The Morgan fingerprint density at radius 1 is 0.727 bits per heavy atom. The van der Waals surface area contributed by atoms with E-state index < -0.39 is 0 Å². The van der Waals surface area contributed by atoms with Crippen molar-refractivity contribution < 1.29 is 14.5 Å². The molecule has 4 nitrogen and oxygen atoms in total. The molecule has 0 saturated heterocycles. The second-order valence-corrected chi connectivity index (χ2v) is 13.1. The Labute approximate surface area is 263 Å². The van der Waals surface area contributed by atoms with Crippen LogP contribution < -0.4 is 10.0 Å². The van der Waals surface area contributed by atoms with E-state index in [4.69, 9.17) is 0 Å². The average Bonchev–Trinajstić information content (AvgIpc) is 2.96. The van der Waals surface area contributed by atoms with Gasteiger partial charge in [0, 0.05) is 58.8 Å². The molecule has 0 heterocycles. The van der Waals surface area contributed by atoms with Crippen molar-refractivity contribution in [3.63, 3.8) is 0 Å². The van der Waals surface area contributed by atoms with Crippen LogP contribution in [0.2, 0.25) is 0 Å². The number of anilines is 2. The Bertz CT molecular complexity index is 1740. The number of rotatable bonds is 8. The van der Waals surface area contributed by atoms with Crippen molar-refractivity contribution in [3.8, 4) is 0 Å². The third kappa shape index (κ3) is 6.26. The largest absolute Gasteiger partial charge is 0.871 e. The topological polar surface area (TPSA) is 46.4 Å². The van der Waals surface area contributed by atoms with Gasteiger partial charge in [-0.05, 0) is 86.7 Å². The Morgan fingerprint density at radius 2 is 1.34 bits per heavy atom. The van der Waals surface area contributed by atoms with Crippen molar-refractivity contribution in [1.29, 1.82) is 0 Å². The molecular formula is C40H44N2O2. The van der Waals surface area contributed by atoms with Crippen molar-refractivity contribution >= 4 is 34.1 Å². The average molecular weight is 585 g/mol. The van der Waals surface area contributed by atoms with Crippen molar-refractivity contribution in [1.82, 2.24) is 0 Å². The monoisotopic (exact) mass is 584 g/mol. The predicted octanol–water partition coefficient (Wildman–Crippen LogP) is 8.23. The molecule has 0 N–H and O–H groups in total. The highest BCUT2D eigenvalue weighted by Gasteiger charge is 2.31. The van der Waals surface area contributed by atoms with E-state index in [1.165, 1.54) is 33.6 Å². The molecule has 2 aliphatic carbocycles. The lowest BCUT2D eigenvalue weighted by Crippen LogP contribution is -2.30. The molecule has 4 heteroatoms. The summed E-state index contributed by atoms with van der Waals surface area (Å²) in [6.45, 7) is 19.1. The van der Waals surface area contributed by atoms with Crippen LogP contribution in [0.1, 0.15) is 55.5 Å². The van der Waals surface area contributed by atoms with Gasteiger partial charge in [0.2, 0.25) is 11.4 Å². The maximum absolute atomic E-state index is 13.4.